The van der Waals surface area contributed by atoms with E-state index in [9.17, 15) is 9.90 Å². The second-order valence-electron chi connectivity index (χ2n) is 5.87. The maximum absolute atomic E-state index is 12.0. The van der Waals surface area contributed by atoms with Gasteiger partial charge in [0, 0.05) is 11.6 Å². The van der Waals surface area contributed by atoms with Gasteiger partial charge in [-0.15, -0.1) is 0 Å². The van der Waals surface area contributed by atoms with E-state index >= 15 is 0 Å². The van der Waals surface area contributed by atoms with Crippen LogP contribution in [0.2, 0.25) is 0 Å². The van der Waals surface area contributed by atoms with E-state index in [0.717, 1.165) is 6.42 Å². The van der Waals surface area contributed by atoms with Crippen molar-refractivity contribution in [3.63, 3.8) is 0 Å². The van der Waals surface area contributed by atoms with Gasteiger partial charge in [-0.1, -0.05) is 39.0 Å². The standard InChI is InChI=1S/C15H24N2O2/c1-15(2,3)13(8-9-16)17-14(19)10-11-6-4-5-7-12(11)18/h4-7,13,18H,8-10,16H2,1-3H3,(H,17,19). The van der Waals surface area contributed by atoms with Crippen molar-refractivity contribution in [3.05, 3.63) is 29.8 Å². The van der Waals surface area contributed by atoms with Crippen LogP contribution in [0, 0.1) is 5.41 Å². The maximum atomic E-state index is 12.0. The fourth-order valence-corrected chi connectivity index (χ4v) is 1.97. The first-order valence-corrected chi connectivity index (χ1v) is 6.61. The van der Waals surface area contributed by atoms with Crippen LogP contribution in [0.25, 0.3) is 0 Å². The normalized spacial score (nSPS) is 13.1. The van der Waals surface area contributed by atoms with Crippen LogP contribution in [0.1, 0.15) is 32.8 Å². The third-order valence-corrected chi connectivity index (χ3v) is 3.18. The van der Waals surface area contributed by atoms with Gasteiger partial charge in [-0.25, -0.2) is 0 Å². The predicted octanol–water partition coefficient (Wildman–Crippen LogP) is 1.81. The van der Waals surface area contributed by atoms with Crippen molar-refractivity contribution in [1.29, 1.82) is 0 Å². The number of carbonyl (C=O) groups excluding carboxylic acids is 1. The number of carbonyl (C=O) groups is 1. The van der Waals surface area contributed by atoms with Crippen molar-refractivity contribution in [2.75, 3.05) is 6.54 Å². The first kappa shape index (κ1) is 15.5. The van der Waals surface area contributed by atoms with Crippen LogP contribution in [0.4, 0.5) is 0 Å². The number of para-hydroxylation sites is 1. The molecule has 0 heterocycles. The highest BCUT2D eigenvalue weighted by atomic mass is 16.3. The van der Waals surface area contributed by atoms with E-state index in [0.29, 0.717) is 12.1 Å². The fraction of sp³-hybridized carbons (Fsp3) is 0.533. The quantitative estimate of drug-likeness (QED) is 0.759. The first-order valence-electron chi connectivity index (χ1n) is 6.61. The molecule has 0 aliphatic rings. The summed E-state index contributed by atoms with van der Waals surface area (Å²) in [4.78, 5) is 12.0. The number of hydrogen-bond acceptors (Lipinski definition) is 3. The number of hydrogen-bond donors (Lipinski definition) is 3. The Labute approximate surface area is 115 Å². The van der Waals surface area contributed by atoms with Crippen LogP contribution >= 0.6 is 0 Å². The Morgan fingerprint density at radius 1 is 1.37 bits per heavy atom. The maximum Gasteiger partial charge on any atom is 0.224 e. The zero-order valence-electron chi connectivity index (χ0n) is 11.9. The highest BCUT2D eigenvalue weighted by Gasteiger charge is 2.25. The lowest BCUT2D eigenvalue weighted by Gasteiger charge is -2.31. The Bertz CT molecular complexity index is 424. The molecule has 0 spiro atoms. The van der Waals surface area contributed by atoms with Crippen molar-refractivity contribution in [2.24, 2.45) is 11.1 Å². The monoisotopic (exact) mass is 264 g/mol. The molecule has 0 aliphatic carbocycles. The van der Waals surface area contributed by atoms with Gasteiger partial charge in [-0.2, -0.15) is 0 Å². The van der Waals surface area contributed by atoms with Crippen molar-refractivity contribution < 1.29 is 9.90 Å². The van der Waals surface area contributed by atoms with Gasteiger partial charge in [0.05, 0.1) is 6.42 Å². The summed E-state index contributed by atoms with van der Waals surface area (Å²) in [5.41, 5.74) is 6.19. The minimum Gasteiger partial charge on any atom is -0.508 e. The number of aromatic hydroxyl groups is 1. The van der Waals surface area contributed by atoms with E-state index in [-0.39, 0.29) is 29.5 Å². The van der Waals surface area contributed by atoms with Gasteiger partial charge >= 0.3 is 0 Å². The molecule has 1 atom stereocenters. The van der Waals surface area contributed by atoms with Crippen LogP contribution in [0.3, 0.4) is 0 Å². The molecule has 0 radical (unpaired) electrons. The van der Waals surface area contributed by atoms with Crippen LogP contribution in [0.15, 0.2) is 24.3 Å². The molecular formula is C15H24N2O2. The second-order valence-corrected chi connectivity index (χ2v) is 5.87. The van der Waals surface area contributed by atoms with Gasteiger partial charge in [0.15, 0.2) is 0 Å². The van der Waals surface area contributed by atoms with E-state index < -0.39 is 0 Å². The molecule has 1 unspecified atom stereocenters. The molecule has 4 heteroatoms. The summed E-state index contributed by atoms with van der Waals surface area (Å²) in [5.74, 6) is 0.0682. The molecule has 0 saturated heterocycles. The Balaban J connectivity index is 2.66. The number of rotatable bonds is 5. The van der Waals surface area contributed by atoms with Crippen molar-refractivity contribution in [2.45, 2.75) is 39.7 Å². The summed E-state index contributed by atoms with van der Waals surface area (Å²) < 4.78 is 0. The van der Waals surface area contributed by atoms with E-state index in [1.54, 1.807) is 18.2 Å². The summed E-state index contributed by atoms with van der Waals surface area (Å²) in [7, 11) is 0. The number of phenolic OH excluding ortho intramolecular Hbond substituents is 1. The molecule has 1 amide bonds. The molecule has 106 valence electrons. The number of benzene rings is 1. The molecule has 0 aliphatic heterocycles. The van der Waals surface area contributed by atoms with Gasteiger partial charge in [0.2, 0.25) is 5.91 Å². The summed E-state index contributed by atoms with van der Waals surface area (Å²) in [5, 5.41) is 12.7. The van der Waals surface area contributed by atoms with Gasteiger partial charge < -0.3 is 16.2 Å². The highest BCUT2D eigenvalue weighted by Crippen LogP contribution is 2.22. The molecule has 0 aromatic heterocycles. The Morgan fingerprint density at radius 3 is 2.53 bits per heavy atom. The topological polar surface area (TPSA) is 75.3 Å². The third-order valence-electron chi connectivity index (χ3n) is 3.18. The lowest BCUT2D eigenvalue weighted by atomic mass is 9.84. The SMILES string of the molecule is CC(C)(C)C(CCN)NC(=O)Cc1ccccc1O. The molecule has 1 aromatic carbocycles. The summed E-state index contributed by atoms with van der Waals surface area (Å²) in [6.07, 6.45) is 0.930. The third kappa shape index (κ3) is 4.91. The Hall–Kier alpha value is -1.55. The number of nitrogens with one attached hydrogen (secondary N) is 1. The minimum atomic E-state index is -0.0881. The largest absolute Gasteiger partial charge is 0.508 e. The van der Waals surface area contributed by atoms with E-state index in [1.807, 2.05) is 6.07 Å². The van der Waals surface area contributed by atoms with E-state index in [4.69, 9.17) is 5.73 Å². The smallest absolute Gasteiger partial charge is 0.224 e. The summed E-state index contributed by atoms with van der Waals surface area (Å²) >= 11 is 0. The Morgan fingerprint density at radius 2 is 2.00 bits per heavy atom. The van der Waals surface area contributed by atoms with Gasteiger partial charge in [0.1, 0.15) is 5.75 Å². The van der Waals surface area contributed by atoms with Gasteiger partial charge in [-0.05, 0) is 24.4 Å². The number of phenols is 1. The molecule has 4 N–H and O–H groups in total. The van der Waals surface area contributed by atoms with E-state index in [1.165, 1.54) is 0 Å². The Kier molecular flexibility index (Phi) is 5.36. The average Bonchev–Trinajstić information content (AvgIpc) is 2.30. The highest BCUT2D eigenvalue weighted by molar-refractivity contribution is 5.79. The van der Waals surface area contributed by atoms with Crippen molar-refractivity contribution in [1.82, 2.24) is 5.32 Å². The lowest BCUT2D eigenvalue weighted by Crippen LogP contribution is -2.45. The molecular weight excluding hydrogens is 240 g/mol. The molecule has 4 nitrogen and oxygen atoms in total. The first-order chi connectivity index (χ1) is 8.84. The van der Waals surface area contributed by atoms with Crippen LogP contribution < -0.4 is 11.1 Å². The molecule has 1 aromatic rings. The number of nitrogens with two attached hydrogens (primary N) is 1. The fourth-order valence-electron chi connectivity index (χ4n) is 1.97. The summed E-state index contributed by atoms with van der Waals surface area (Å²) in [6.45, 7) is 6.77. The predicted molar refractivity (Wildman–Crippen MR) is 76.9 cm³/mol. The average molecular weight is 264 g/mol. The molecule has 0 saturated carbocycles. The lowest BCUT2D eigenvalue weighted by molar-refractivity contribution is -0.122. The van der Waals surface area contributed by atoms with Crippen LogP contribution in [-0.2, 0) is 11.2 Å². The van der Waals surface area contributed by atoms with E-state index in [2.05, 4.69) is 26.1 Å². The molecule has 0 bridgehead atoms. The van der Waals surface area contributed by atoms with Gasteiger partial charge in [0.25, 0.3) is 0 Å². The zero-order valence-corrected chi connectivity index (χ0v) is 11.9. The summed E-state index contributed by atoms with van der Waals surface area (Å²) in [6, 6.07) is 6.93. The van der Waals surface area contributed by atoms with Crippen LogP contribution in [0.5, 0.6) is 5.75 Å². The van der Waals surface area contributed by atoms with Crippen LogP contribution in [-0.4, -0.2) is 23.6 Å². The molecule has 19 heavy (non-hydrogen) atoms. The second kappa shape index (κ2) is 6.57. The van der Waals surface area contributed by atoms with Crippen molar-refractivity contribution in [3.8, 4) is 5.75 Å². The van der Waals surface area contributed by atoms with Gasteiger partial charge in [-0.3, -0.25) is 4.79 Å². The molecule has 1 rings (SSSR count). The zero-order chi connectivity index (χ0) is 14.5. The number of amides is 1. The minimum absolute atomic E-state index is 0.0340. The molecule has 0 fully saturated rings. The van der Waals surface area contributed by atoms with Crippen molar-refractivity contribution >= 4 is 5.91 Å².